The first kappa shape index (κ1) is 19.5. The summed E-state index contributed by atoms with van der Waals surface area (Å²) in [5, 5.41) is 12.5. The van der Waals surface area contributed by atoms with Crippen molar-refractivity contribution in [3.8, 4) is 0 Å². The van der Waals surface area contributed by atoms with E-state index in [0.29, 0.717) is 31.0 Å². The number of fused-ring (bicyclic) bond motifs is 1. The van der Waals surface area contributed by atoms with Crippen molar-refractivity contribution in [2.45, 2.75) is 24.9 Å². The largest absolute Gasteiger partial charge is 0.477 e. The van der Waals surface area contributed by atoms with E-state index in [4.69, 9.17) is 9.84 Å². The minimum absolute atomic E-state index is 0.274. The third-order valence-corrected chi connectivity index (χ3v) is 5.88. The van der Waals surface area contributed by atoms with Crippen LogP contribution in [0.1, 0.15) is 32.1 Å². The molecule has 0 aliphatic heterocycles. The maximum Gasteiger partial charge on any atom is 0.345 e. The molecule has 1 aromatic heterocycles. The van der Waals surface area contributed by atoms with E-state index in [9.17, 15) is 9.59 Å². The molecule has 1 unspecified atom stereocenters. The molecule has 7 heteroatoms. The Morgan fingerprint density at radius 3 is 2.74 bits per heavy atom. The third kappa shape index (κ3) is 4.21. The van der Waals surface area contributed by atoms with Crippen LogP contribution in [0.5, 0.6) is 0 Å². The normalized spacial score (nSPS) is 18.5. The average molecular weight is 388 g/mol. The smallest absolute Gasteiger partial charge is 0.345 e. The second kappa shape index (κ2) is 8.21. The monoisotopic (exact) mass is 388 g/mol. The first-order valence-electron chi connectivity index (χ1n) is 8.90. The van der Waals surface area contributed by atoms with E-state index in [0.717, 1.165) is 22.4 Å². The van der Waals surface area contributed by atoms with E-state index >= 15 is 0 Å². The van der Waals surface area contributed by atoms with E-state index in [1.807, 2.05) is 43.3 Å². The Bertz CT molecular complexity index is 833. The lowest BCUT2D eigenvalue weighted by Gasteiger charge is -2.29. The number of hydrogen-bond donors (Lipinski definition) is 2. The van der Waals surface area contributed by atoms with Gasteiger partial charge in [0.15, 0.2) is 0 Å². The zero-order chi connectivity index (χ0) is 19.4. The van der Waals surface area contributed by atoms with Gasteiger partial charge in [-0.2, -0.15) is 0 Å². The van der Waals surface area contributed by atoms with Crippen LogP contribution in [0, 0.1) is 0 Å². The summed E-state index contributed by atoms with van der Waals surface area (Å²) in [4.78, 5) is 27.3. The summed E-state index contributed by atoms with van der Waals surface area (Å²) >= 11 is 1.22. The summed E-state index contributed by atoms with van der Waals surface area (Å²) in [7, 11) is 3.87. The first-order chi connectivity index (χ1) is 12.9. The minimum Gasteiger partial charge on any atom is -0.477 e. The van der Waals surface area contributed by atoms with Crippen LogP contribution < -0.4 is 5.32 Å². The molecule has 2 aromatic rings. The molecule has 0 fully saturated rings. The number of rotatable bonds is 8. The van der Waals surface area contributed by atoms with Crippen molar-refractivity contribution in [2.75, 3.05) is 27.2 Å². The number of nitrogens with one attached hydrogen (secondary N) is 1. The number of ether oxygens (including phenoxy) is 1. The van der Waals surface area contributed by atoms with Crippen molar-refractivity contribution in [2.24, 2.45) is 0 Å². The predicted octanol–water partition coefficient (Wildman–Crippen LogP) is 2.48. The third-order valence-electron chi connectivity index (χ3n) is 4.80. The van der Waals surface area contributed by atoms with E-state index in [1.54, 1.807) is 12.1 Å². The number of aromatic carboxylic acids is 1. The van der Waals surface area contributed by atoms with Crippen LogP contribution in [-0.4, -0.2) is 49.2 Å². The Hall–Kier alpha value is -2.22. The molecule has 0 bridgehead atoms. The second-order valence-electron chi connectivity index (χ2n) is 6.93. The Labute approximate surface area is 162 Å². The van der Waals surface area contributed by atoms with Gasteiger partial charge in [-0.3, -0.25) is 5.32 Å². The van der Waals surface area contributed by atoms with Crippen LogP contribution in [0.25, 0.3) is 0 Å². The highest BCUT2D eigenvalue weighted by molar-refractivity contribution is 7.13. The van der Waals surface area contributed by atoms with Crippen LogP contribution in [0.4, 0.5) is 0 Å². The molecule has 0 saturated carbocycles. The quantitative estimate of drug-likeness (QED) is 0.677. The van der Waals surface area contributed by atoms with Gasteiger partial charge < -0.3 is 14.7 Å². The molecule has 0 amide bonds. The summed E-state index contributed by atoms with van der Waals surface area (Å²) < 4.78 is 5.60. The number of hydrogen-bond acceptors (Lipinski definition) is 6. The minimum atomic E-state index is -0.935. The van der Waals surface area contributed by atoms with Gasteiger partial charge in [0.25, 0.3) is 0 Å². The highest BCUT2D eigenvalue weighted by Gasteiger charge is 2.46. The zero-order valence-electron chi connectivity index (χ0n) is 15.5. The second-order valence-corrected chi connectivity index (χ2v) is 8.09. The number of carbonyl (C=O) groups is 2. The van der Waals surface area contributed by atoms with Gasteiger partial charge in [0, 0.05) is 18.0 Å². The number of carboxylic acids is 1. The summed E-state index contributed by atoms with van der Waals surface area (Å²) in [6, 6.07) is 11.3. The van der Waals surface area contributed by atoms with Crippen LogP contribution in [0.2, 0.25) is 0 Å². The van der Waals surface area contributed by atoms with Crippen LogP contribution in [-0.2, 0) is 28.0 Å². The van der Waals surface area contributed by atoms with Crippen molar-refractivity contribution in [3.63, 3.8) is 0 Å². The average Bonchev–Trinajstić information content (AvgIpc) is 3.25. The van der Waals surface area contributed by atoms with E-state index in [2.05, 4.69) is 5.32 Å². The summed E-state index contributed by atoms with van der Waals surface area (Å²) in [5.41, 5.74) is 1.21. The highest BCUT2D eigenvalue weighted by atomic mass is 32.1. The predicted molar refractivity (Wildman–Crippen MR) is 104 cm³/mol. The number of thiophene rings is 1. The molecule has 1 aromatic carbocycles. The van der Waals surface area contributed by atoms with Crippen molar-refractivity contribution in [1.29, 1.82) is 0 Å². The molecule has 1 aliphatic carbocycles. The molecule has 27 heavy (non-hydrogen) atoms. The van der Waals surface area contributed by atoms with Gasteiger partial charge in [-0.25, -0.2) is 9.59 Å². The Balaban J connectivity index is 1.80. The zero-order valence-corrected chi connectivity index (χ0v) is 16.3. The molecule has 0 spiro atoms. The molecule has 0 saturated heterocycles. The van der Waals surface area contributed by atoms with Crippen molar-refractivity contribution < 1.29 is 19.4 Å². The topological polar surface area (TPSA) is 78.9 Å². The van der Waals surface area contributed by atoms with Gasteiger partial charge in [0.2, 0.25) is 0 Å². The van der Waals surface area contributed by atoms with Gasteiger partial charge >= 0.3 is 11.9 Å². The van der Waals surface area contributed by atoms with Crippen LogP contribution in [0.3, 0.4) is 0 Å². The van der Waals surface area contributed by atoms with E-state index in [-0.39, 0.29) is 5.97 Å². The fourth-order valence-corrected chi connectivity index (χ4v) is 4.14. The molecule has 3 rings (SSSR count). The first-order valence-corrected chi connectivity index (χ1v) is 9.71. The van der Waals surface area contributed by atoms with Crippen molar-refractivity contribution >= 4 is 23.3 Å². The molecular formula is C20H24N2O4S. The van der Waals surface area contributed by atoms with Gasteiger partial charge in [-0.1, -0.05) is 24.3 Å². The number of esters is 1. The molecule has 1 aliphatic rings. The number of carbonyl (C=O) groups excluding carboxylic acids is 1. The molecule has 1 heterocycles. The Kier molecular flexibility index (Phi) is 5.94. The van der Waals surface area contributed by atoms with Crippen LogP contribution in [0.15, 0.2) is 36.4 Å². The lowest BCUT2D eigenvalue weighted by molar-refractivity contribution is -0.152. The molecule has 0 radical (unpaired) electrons. The fourth-order valence-electron chi connectivity index (χ4n) is 3.35. The number of nitrogens with zero attached hydrogens (tertiary/aromatic N) is 1. The van der Waals surface area contributed by atoms with Crippen molar-refractivity contribution in [3.05, 3.63) is 57.3 Å². The Morgan fingerprint density at radius 2 is 2.04 bits per heavy atom. The summed E-state index contributed by atoms with van der Waals surface area (Å²) in [6.45, 7) is 1.41. The number of aryl methyl sites for hydroxylation is 1. The molecule has 144 valence electrons. The van der Waals surface area contributed by atoms with E-state index in [1.165, 1.54) is 11.3 Å². The maximum atomic E-state index is 13.1. The highest BCUT2D eigenvalue weighted by Crippen LogP contribution is 2.38. The van der Waals surface area contributed by atoms with Gasteiger partial charge in [-0.15, -0.1) is 11.3 Å². The molecule has 6 nitrogen and oxygen atoms in total. The molecular weight excluding hydrogens is 364 g/mol. The van der Waals surface area contributed by atoms with Crippen LogP contribution >= 0.6 is 11.3 Å². The van der Waals surface area contributed by atoms with Gasteiger partial charge in [0.1, 0.15) is 17.0 Å². The van der Waals surface area contributed by atoms with Crippen molar-refractivity contribution in [1.82, 2.24) is 10.2 Å². The lowest BCUT2D eigenvalue weighted by atomic mass is 9.91. The number of carboxylic acid groups (broad SMARTS) is 1. The summed E-state index contributed by atoms with van der Waals surface area (Å²) in [5.74, 6) is -1.21. The molecule has 1 atom stereocenters. The number of likely N-dealkylation sites (N-methyl/N-ethyl adjacent to an activating group) is 1. The fraction of sp³-hybridized carbons (Fsp3) is 0.400. The van der Waals surface area contributed by atoms with Gasteiger partial charge in [-0.05, 0) is 50.2 Å². The van der Waals surface area contributed by atoms with E-state index < -0.39 is 11.5 Å². The van der Waals surface area contributed by atoms with Gasteiger partial charge in [0.05, 0.1) is 0 Å². The number of benzene rings is 1. The maximum absolute atomic E-state index is 13.1. The molecule has 2 N–H and O–H groups in total. The Morgan fingerprint density at radius 1 is 1.26 bits per heavy atom. The lowest BCUT2D eigenvalue weighted by Crippen LogP contribution is -2.48. The standard InChI is InChI=1S/C20H24N2O4S/c1-22(2)11-12-26-19(25)20(10-9-14-5-3-4-6-16(14)20)21-13-15-7-8-17(27-15)18(23)24/h3-8,21H,9-13H2,1-2H3,(H,23,24). The summed E-state index contributed by atoms with van der Waals surface area (Å²) in [6.07, 6.45) is 1.43. The SMILES string of the molecule is CN(C)CCOC(=O)C1(NCc2ccc(C(=O)O)s2)CCc2ccccc21.